The van der Waals surface area contributed by atoms with E-state index in [-0.39, 0.29) is 18.2 Å². The Morgan fingerprint density at radius 3 is 1.81 bits per heavy atom. The Hall–Kier alpha value is -3.53. The molecule has 158 valence electrons. The smallest absolute Gasteiger partial charge is 0.317 e. The van der Waals surface area contributed by atoms with Gasteiger partial charge in [0, 0.05) is 11.5 Å². The lowest BCUT2D eigenvalue weighted by Crippen LogP contribution is -2.38. The third-order valence-electron chi connectivity index (χ3n) is 5.19. The van der Waals surface area contributed by atoms with Crippen LogP contribution in [-0.2, 0) is 20.9 Å². The first-order valence-electron chi connectivity index (χ1n) is 10.4. The van der Waals surface area contributed by atoms with Crippen LogP contribution in [0.4, 0.5) is 0 Å². The van der Waals surface area contributed by atoms with Gasteiger partial charge in [0.2, 0.25) is 0 Å². The molecule has 0 saturated carbocycles. The van der Waals surface area contributed by atoms with E-state index in [4.69, 9.17) is 4.74 Å². The van der Waals surface area contributed by atoms with Gasteiger partial charge in [-0.25, -0.2) is 0 Å². The van der Waals surface area contributed by atoms with Gasteiger partial charge in [0.1, 0.15) is 12.5 Å². The number of hydrogen-bond acceptors (Lipinski definition) is 4. The van der Waals surface area contributed by atoms with E-state index in [2.05, 4.69) is 0 Å². The van der Waals surface area contributed by atoms with Crippen molar-refractivity contribution in [1.82, 2.24) is 0 Å². The van der Waals surface area contributed by atoms with Crippen molar-refractivity contribution in [2.24, 2.45) is 11.8 Å². The van der Waals surface area contributed by atoms with Gasteiger partial charge in [0.05, 0.1) is 5.92 Å². The highest BCUT2D eigenvalue weighted by molar-refractivity contribution is 6.10. The standard InChI is InChI=1S/C27H26O4/c1-19(2)25(28)24(27(30)31-18-20-12-6-3-7-13-20)23(21-14-8-4-9-15-21)26(29)22-16-10-5-11-17-22/h3-17,19,23-24H,18H2,1-2H3. The summed E-state index contributed by atoms with van der Waals surface area (Å²) in [6.45, 7) is 3.51. The summed E-state index contributed by atoms with van der Waals surface area (Å²) in [5, 5.41) is 0. The first kappa shape index (κ1) is 22.2. The molecule has 0 bridgehead atoms. The molecule has 0 aliphatic carbocycles. The summed E-state index contributed by atoms with van der Waals surface area (Å²) in [6, 6.07) is 27.0. The van der Waals surface area contributed by atoms with Crippen LogP contribution in [-0.4, -0.2) is 17.5 Å². The summed E-state index contributed by atoms with van der Waals surface area (Å²) in [7, 11) is 0. The van der Waals surface area contributed by atoms with Gasteiger partial charge in [-0.15, -0.1) is 0 Å². The minimum atomic E-state index is -1.22. The van der Waals surface area contributed by atoms with Crippen molar-refractivity contribution in [2.75, 3.05) is 0 Å². The van der Waals surface area contributed by atoms with E-state index in [1.165, 1.54) is 0 Å². The van der Waals surface area contributed by atoms with Gasteiger partial charge in [-0.2, -0.15) is 0 Å². The van der Waals surface area contributed by atoms with Crippen molar-refractivity contribution in [3.8, 4) is 0 Å². The highest BCUT2D eigenvalue weighted by Gasteiger charge is 2.42. The number of benzene rings is 3. The zero-order valence-electron chi connectivity index (χ0n) is 17.7. The summed E-state index contributed by atoms with van der Waals surface area (Å²) in [4.78, 5) is 39.9. The van der Waals surface area contributed by atoms with Gasteiger partial charge in [-0.3, -0.25) is 14.4 Å². The molecular formula is C27H26O4. The second-order valence-electron chi connectivity index (χ2n) is 7.75. The van der Waals surface area contributed by atoms with E-state index in [9.17, 15) is 14.4 Å². The minimum Gasteiger partial charge on any atom is -0.460 e. The van der Waals surface area contributed by atoms with Crippen molar-refractivity contribution in [1.29, 1.82) is 0 Å². The SMILES string of the molecule is CC(C)C(=O)C(C(=O)OCc1ccccc1)C(C(=O)c1ccccc1)c1ccccc1. The Morgan fingerprint density at radius 1 is 0.742 bits per heavy atom. The van der Waals surface area contributed by atoms with Gasteiger partial charge in [-0.1, -0.05) is 105 Å². The van der Waals surface area contributed by atoms with E-state index < -0.39 is 23.7 Å². The summed E-state index contributed by atoms with van der Waals surface area (Å²) in [5.74, 6) is -3.87. The van der Waals surface area contributed by atoms with Crippen molar-refractivity contribution in [3.05, 3.63) is 108 Å². The lowest BCUT2D eigenvalue weighted by molar-refractivity contribution is -0.154. The molecule has 0 amide bonds. The van der Waals surface area contributed by atoms with Gasteiger partial charge in [0.25, 0.3) is 0 Å². The van der Waals surface area contributed by atoms with Gasteiger partial charge >= 0.3 is 5.97 Å². The number of ketones is 2. The van der Waals surface area contributed by atoms with Crippen molar-refractivity contribution in [2.45, 2.75) is 26.4 Å². The van der Waals surface area contributed by atoms with Crippen molar-refractivity contribution < 1.29 is 19.1 Å². The zero-order chi connectivity index (χ0) is 22.2. The average molecular weight is 415 g/mol. The van der Waals surface area contributed by atoms with Gasteiger partial charge in [-0.05, 0) is 11.1 Å². The molecule has 3 rings (SSSR count). The molecule has 0 aliphatic heterocycles. The molecule has 0 aromatic heterocycles. The van der Waals surface area contributed by atoms with Crippen LogP contribution in [0, 0.1) is 11.8 Å². The molecule has 2 unspecified atom stereocenters. The molecular weight excluding hydrogens is 388 g/mol. The Morgan fingerprint density at radius 2 is 1.26 bits per heavy atom. The number of rotatable bonds is 9. The van der Waals surface area contributed by atoms with Crippen LogP contribution in [0.3, 0.4) is 0 Å². The van der Waals surface area contributed by atoms with E-state index in [1.807, 2.05) is 42.5 Å². The molecule has 0 radical (unpaired) electrons. The van der Waals surface area contributed by atoms with Crippen LogP contribution in [0.15, 0.2) is 91.0 Å². The topological polar surface area (TPSA) is 60.4 Å². The summed E-state index contributed by atoms with van der Waals surface area (Å²) >= 11 is 0. The molecule has 31 heavy (non-hydrogen) atoms. The molecule has 3 aromatic carbocycles. The lowest BCUT2D eigenvalue weighted by Gasteiger charge is -2.26. The number of Topliss-reactive ketones (excluding diaryl/α,β-unsaturated/α-hetero) is 2. The average Bonchev–Trinajstić information content (AvgIpc) is 2.82. The Bertz CT molecular complexity index is 1010. The summed E-state index contributed by atoms with van der Waals surface area (Å²) in [6.07, 6.45) is 0. The Balaban J connectivity index is 1.99. The van der Waals surface area contributed by atoms with Crippen LogP contribution in [0.5, 0.6) is 0 Å². The maximum absolute atomic E-state index is 13.5. The lowest BCUT2D eigenvalue weighted by atomic mass is 9.76. The predicted octanol–water partition coefficient (Wildman–Crippen LogP) is 5.24. The number of carbonyl (C=O) groups excluding carboxylic acids is 3. The van der Waals surface area contributed by atoms with Crippen molar-refractivity contribution in [3.63, 3.8) is 0 Å². The second kappa shape index (κ2) is 10.5. The third-order valence-corrected chi connectivity index (χ3v) is 5.19. The highest BCUT2D eigenvalue weighted by atomic mass is 16.5. The largest absolute Gasteiger partial charge is 0.460 e. The predicted molar refractivity (Wildman–Crippen MR) is 120 cm³/mol. The molecule has 0 heterocycles. The van der Waals surface area contributed by atoms with Gasteiger partial charge in [0.15, 0.2) is 11.6 Å². The minimum absolute atomic E-state index is 0.0442. The highest BCUT2D eigenvalue weighted by Crippen LogP contribution is 2.32. The Labute approximate surface area is 182 Å². The summed E-state index contributed by atoms with van der Waals surface area (Å²) in [5.41, 5.74) is 1.89. The number of carbonyl (C=O) groups is 3. The van der Waals surface area contributed by atoms with Crippen LogP contribution in [0.2, 0.25) is 0 Å². The second-order valence-corrected chi connectivity index (χ2v) is 7.75. The Kier molecular flexibility index (Phi) is 7.50. The summed E-state index contributed by atoms with van der Waals surface area (Å²) < 4.78 is 5.54. The van der Waals surface area contributed by atoms with Crippen LogP contribution in [0.25, 0.3) is 0 Å². The van der Waals surface area contributed by atoms with Gasteiger partial charge < -0.3 is 4.74 Å². The van der Waals surface area contributed by atoms with Crippen LogP contribution >= 0.6 is 0 Å². The molecule has 4 nitrogen and oxygen atoms in total. The van der Waals surface area contributed by atoms with E-state index >= 15 is 0 Å². The van der Waals surface area contributed by atoms with E-state index in [0.717, 1.165) is 5.56 Å². The zero-order valence-corrected chi connectivity index (χ0v) is 17.7. The molecule has 3 aromatic rings. The van der Waals surface area contributed by atoms with Crippen LogP contribution in [0.1, 0.15) is 41.3 Å². The van der Waals surface area contributed by atoms with E-state index in [0.29, 0.717) is 11.1 Å². The number of hydrogen-bond donors (Lipinski definition) is 0. The first-order chi connectivity index (χ1) is 15.0. The third kappa shape index (κ3) is 5.54. The monoisotopic (exact) mass is 414 g/mol. The van der Waals surface area contributed by atoms with Crippen molar-refractivity contribution >= 4 is 17.5 Å². The first-order valence-corrected chi connectivity index (χ1v) is 10.4. The molecule has 4 heteroatoms. The fraction of sp³-hybridized carbons (Fsp3) is 0.222. The quantitative estimate of drug-likeness (QED) is 0.273. The number of ether oxygens (including phenoxy) is 1. The maximum atomic E-state index is 13.5. The molecule has 0 N–H and O–H groups in total. The molecule has 0 aliphatic rings. The normalized spacial score (nSPS) is 12.7. The fourth-order valence-electron chi connectivity index (χ4n) is 3.53. The molecule has 0 spiro atoms. The van der Waals surface area contributed by atoms with E-state index in [1.54, 1.807) is 62.4 Å². The van der Waals surface area contributed by atoms with Crippen LogP contribution < -0.4 is 0 Å². The molecule has 0 fully saturated rings. The number of esters is 1. The fourth-order valence-corrected chi connectivity index (χ4v) is 3.53. The maximum Gasteiger partial charge on any atom is 0.317 e. The molecule has 2 atom stereocenters. The molecule has 0 saturated heterocycles.